The molecule has 3 rings (SSSR count). The van der Waals surface area contributed by atoms with E-state index in [1.54, 1.807) is 0 Å². The van der Waals surface area contributed by atoms with E-state index < -0.39 is 11.6 Å². The van der Waals surface area contributed by atoms with E-state index in [0.29, 0.717) is 13.0 Å². The first kappa shape index (κ1) is 15.0. The molecule has 1 aromatic rings. The highest BCUT2D eigenvalue weighted by Gasteiger charge is 2.68. The summed E-state index contributed by atoms with van der Waals surface area (Å²) in [6.07, 6.45) is 1.47. The van der Waals surface area contributed by atoms with Crippen molar-refractivity contribution in [3.05, 3.63) is 46.0 Å². The van der Waals surface area contributed by atoms with Crippen LogP contribution in [-0.2, 0) is 9.53 Å². The molecule has 0 radical (unpaired) electrons. The van der Waals surface area contributed by atoms with Crippen LogP contribution in [0.25, 0.3) is 0 Å². The molecule has 0 N–H and O–H groups in total. The molecule has 2 heterocycles. The predicted molar refractivity (Wildman–Crippen MR) is 79.8 cm³/mol. The van der Waals surface area contributed by atoms with Crippen molar-refractivity contribution >= 4 is 5.97 Å². The molecule has 2 aliphatic heterocycles. The average Bonchev–Trinajstić information content (AvgIpc) is 3.05. The number of hydrogen-bond acceptors (Lipinski definition) is 5. The van der Waals surface area contributed by atoms with Crippen molar-refractivity contribution in [1.29, 1.82) is 0 Å². The normalized spacial score (nSPS) is 34.4. The molecule has 2 fully saturated rings. The Morgan fingerprint density at radius 3 is 2.68 bits per heavy atom. The van der Waals surface area contributed by atoms with E-state index in [2.05, 4.69) is 0 Å². The number of methoxy groups -OCH3 is 1. The standard InChI is InChI=1S/C16H20N2O4/c1-11-13(18(20)21)14(12-7-4-3-5-8-12)17-10-6-9-16(11,17)15(19)22-2/h3-5,7-8,11,13-14H,6,9-10H2,1-2H3/t11-,13+,14-,16+/m1/s1. The van der Waals surface area contributed by atoms with Crippen LogP contribution in [0.2, 0.25) is 0 Å². The summed E-state index contributed by atoms with van der Waals surface area (Å²) >= 11 is 0. The van der Waals surface area contributed by atoms with Crippen molar-refractivity contribution in [2.24, 2.45) is 5.92 Å². The van der Waals surface area contributed by atoms with Gasteiger partial charge >= 0.3 is 5.97 Å². The number of nitro groups is 1. The third-order valence-electron chi connectivity index (χ3n) is 5.32. The molecule has 0 aromatic heterocycles. The number of hydrogen-bond donors (Lipinski definition) is 0. The lowest BCUT2D eigenvalue weighted by Crippen LogP contribution is -2.51. The van der Waals surface area contributed by atoms with Crippen molar-refractivity contribution in [2.45, 2.75) is 37.4 Å². The fourth-order valence-electron chi connectivity index (χ4n) is 4.39. The fourth-order valence-corrected chi connectivity index (χ4v) is 4.39. The summed E-state index contributed by atoms with van der Waals surface area (Å²) in [4.78, 5) is 26.0. The second kappa shape index (κ2) is 5.35. The van der Waals surface area contributed by atoms with Gasteiger partial charge in [-0.2, -0.15) is 0 Å². The largest absolute Gasteiger partial charge is 0.468 e. The summed E-state index contributed by atoms with van der Waals surface area (Å²) in [5.74, 6) is -0.731. The molecule has 118 valence electrons. The van der Waals surface area contributed by atoms with Crippen LogP contribution >= 0.6 is 0 Å². The average molecular weight is 304 g/mol. The van der Waals surface area contributed by atoms with Gasteiger partial charge < -0.3 is 4.74 Å². The molecule has 0 spiro atoms. The number of esters is 1. The maximum absolute atomic E-state index is 12.5. The minimum Gasteiger partial charge on any atom is -0.468 e. The highest BCUT2D eigenvalue weighted by atomic mass is 16.6. The number of benzene rings is 1. The van der Waals surface area contributed by atoms with Gasteiger partial charge in [-0.15, -0.1) is 0 Å². The molecule has 0 saturated carbocycles. The summed E-state index contributed by atoms with van der Waals surface area (Å²) in [5.41, 5.74) is 0.0243. The van der Waals surface area contributed by atoms with Gasteiger partial charge in [0.15, 0.2) is 0 Å². The fraction of sp³-hybridized carbons (Fsp3) is 0.562. The number of rotatable bonds is 3. The van der Waals surface area contributed by atoms with Crippen molar-refractivity contribution < 1.29 is 14.5 Å². The number of carbonyl (C=O) groups excluding carboxylic acids is 1. The Bertz CT molecular complexity index is 591. The van der Waals surface area contributed by atoms with E-state index >= 15 is 0 Å². The molecular weight excluding hydrogens is 284 g/mol. The van der Waals surface area contributed by atoms with Crippen LogP contribution in [0.1, 0.15) is 31.4 Å². The van der Waals surface area contributed by atoms with Gasteiger partial charge in [-0.3, -0.25) is 19.8 Å². The second-order valence-electron chi connectivity index (χ2n) is 6.13. The highest BCUT2D eigenvalue weighted by molar-refractivity contribution is 5.82. The minimum atomic E-state index is -0.868. The molecule has 0 amide bonds. The van der Waals surface area contributed by atoms with Crippen molar-refractivity contribution in [1.82, 2.24) is 4.90 Å². The zero-order valence-corrected chi connectivity index (χ0v) is 12.8. The molecule has 2 saturated heterocycles. The molecule has 6 nitrogen and oxygen atoms in total. The smallest absolute Gasteiger partial charge is 0.326 e. The Kier molecular flexibility index (Phi) is 3.64. The maximum Gasteiger partial charge on any atom is 0.326 e. The summed E-state index contributed by atoms with van der Waals surface area (Å²) in [6, 6.07) is 8.27. The van der Waals surface area contributed by atoms with E-state index in [1.807, 2.05) is 42.2 Å². The molecule has 4 atom stereocenters. The number of nitrogens with zero attached hydrogens (tertiary/aromatic N) is 2. The van der Waals surface area contributed by atoms with Gasteiger partial charge in [0.25, 0.3) is 0 Å². The number of fused-ring (bicyclic) bond motifs is 1. The molecule has 6 heteroatoms. The zero-order chi connectivity index (χ0) is 15.9. The van der Waals surface area contributed by atoms with E-state index in [4.69, 9.17) is 4.74 Å². The first-order chi connectivity index (χ1) is 10.5. The number of ether oxygens (including phenoxy) is 1. The Morgan fingerprint density at radius 1 is 1.41 bits per heavy atom. The third kappa shape index (κ3) is 1.86. The summed E-state index contributed by atoms with van der Waals surface area (Å²) in [5, 5.41) is 11.7. The van der Waals surface area contributed by atoms with Crippen LogP contribution in [0.4, 0.5) is 0 Å². The van der Waals surface area contributed by atoms with Gasteiger partial charge in [0.2, 0.25) is 6.04 Å². The zero-order valence-electron chi connectivity index (χ0n) is 12.8. The first-order valence-electron chi connectivity index (χ1n) is 7.57. The number of carbonyl (C=O) groups is 1. The van der Waals surface area contributed by atoms with Gasteiger partial charge in [0.1, 0.15) is 11.6 Å². The molecular formula is C16H20N2O4. The van der Waals surface area contributed by atoms with E-state index in [1.165, 1.54) is 7.11 Å². The second-order valence-corrected chi connectivity index (χ2v) is 6.13. The van der Waals surface area contributed by atoms with Gasteiger partial charge in [0.05, 0.1) is 13.0 Å². The van der Waals surface area contributed by atoms with Gasteiger partial charge in [0, 0.05) is 11.5 Å². The van der Waals surface area contributed by atoms with Crippen molar-refractivity contribution in [3.8, 4) is 0 Å². The Labute approximate surface area is 129 Å². The maximum atomic E-state index is 12.5. The lowest BCUT2D eigenvalue weighted by Gasteiger charge is -2.33. The van der Waals surface area contributed by atoms with E-state index in [9.17, 15) is 14.9 Å². The lowest BCUT2D eigenvalue weighted by atomic mass is 9.81. The van der Waals surface area contributed by atoms with Crippen molar-refractivity contribution in [3.63, 3.8) is 0 Å². The minimum absolute atomic E-state index is 0.231. The van der Waals surface area contributed by atoms with Gasteiger partial charge in [-0.1, -0.05) is 37.3 Å². The molecule has 22 heavy (non-hydrogen) atoms. The summed E-state index contributed by atoms with van der Waals surface area (Å²) in [6.45, 7) is 2.50. The van der Waals surface area contributed by atoms with E-state index in [-0.39, 0.29) is 22.9 Å². The molecule has 2 aliphatic rings. The van der Waals surface area contributed by atoms with Crippen LogP contribution in [0, 0.1) is 16.0 Å². The lowest BCUT2D eigenvalue weighted by molar-refractivity contribution is -0.533. The van der Waals surface area contributed by atoms with E-state index in [0.717, 1.165) is 12.0 Å². The topological polar surface area (TPSA) is 72.7 Å². The molecule has 1 aromatic carbocycles. The Balaban J connectivity index is 2.12. The summed E-state index contributed by atoms with van der Waals surface area (Å²) < 4.78 is 5.02. The Morgan fingerprint density at radius 2 is 2.09 bits per heavy atom. The van der Waals surface area contributed by atoms with Gasteiger partial charge in [-0.25, -0.2) is 0 Å². The Hall–Kier alpha value is -1.95. The third-order valence-corrected chi connectivity index (χ3v) is 5.32. The SMILES string of the molecule is COC(=O)[C@@]12CCCN1[C@H](c1ccccc1)[C@@H]([N+](=O)[O-])[C@H]2C. The molecule has 0 unspecified atom stereocenters. The van der Waals surface area contributed by atoms with Crippen LogP contribution < -0.4 is 0 Å². The van der Waals surface area contributed by atoms with Crippen LogP contribution in [0.3, 0.4) is 0 Å². The molecule has 0 bridgehead atoms. The van der Waals surface area contributed by atoms with Gasteiger partial charge in [-0.05, 0) is 18.4 Å². The first-order valence-corrected chi connectivity index (χ1v) is 7.57. The van der Waals surface area contributed by atoms with Crippen LogP contribution in [0.5, 0.6) is 0 Å². The predicted octanol–water partition coefficient (Wildman–Crippen LogP) is 2.03. The van der Waals surface area contributed by atoms with Crippen molar-refractivity contribution in [2.75, 3.05) is 13.7 Å². The quantitative estimate of drug-likeness (QED) is 0.485. The van der Waals surface area contributed by atoms with Crippen LogP contribution in [0.15, 0.2) is 30.3 Å². The highest BCUT2D eigenvalue weighted by Crippen LogP contribution is 2.53. The summed E-state index contributed by atoms with van der Waals surface area (Å²) in [7, 11) is 1.36. The monoisotopic (exact) mass is 304 g/mol. The van der Waals surface area contributed by atoms with Crippen LogP contribution in [-0.4, -0.2) is 41.0 Å². The molecule has 0 aliphatic carbocycles.